The molecule has 0 N–H and O–H groups in total. The van der Waals surface area contributed by atoms with Crippen LogP contribution in [0, 0.1) is 0 Å². The monoisotopic (exact) mass is 360 g/mol. The number of hydrogen-bond donors (Lipinski definition) is 0. The van der Waals surface area contributed by atoms with E-state index in [1.54, 1.807) is 53.6 Å². The summed E-state index contributed by atoms with van der Waals surface area (Å²) >= 11 is 0. The molecule has 1 aromatic carbocycles. The summed E-state index contributed by atoms with van der Waals surface area (Å²) in [5.41, 5.74) is 1.94. The fraction of sp³-hybridized carbons (Fsp3) is 0.500. The van der Waals surface area contributed by atoms with Crippen LogP contribution in [-0.2, 0) is 18.8 Å². The van der Waals surface area contributed by atoms with Gasteiger partial charge in [0.2, 0.25) is 0 Å². The molecule has 140 valence electrons. The predicted molar refractivity (Wildman–Crippen MR) is 97.3 cm³/mol. The molecule has 0 unspecified atom stereocenters. The topological polar surface area (TPSA) is 76.8 Å². The van der Waals surface area contributed by atoms with Crippen LogP contribution in [0.25, 0.3) is 11.0 Å². The van der Waals surface area contributed by atoms with E-state index in [0.29, 0.717) is 44.8 Å². The quantitative estimate of drug-likeness (QED) is 0.806. The molecule has 2 amide bonds. The van der Waals surface area contributed by atoms with E-state index in [-0.39, 0.29) is 17.7 Å². The lowest BCUT2D eigenvalue weighted by Crippen LogP contribution is -2.37. The van der Waals surface area contributed by atoms with Gasteiger partial charge in [-0.15, -0.1) is 0 Å². The van der Waals surface area contributed by atoms with Crippen LogP contribution in [0.3, 0.4) is 0 Å². The number of fused-ring (bicyclic) bond motifs is 1. The van der Waals surface area contributed by atoms with Gasteiger partial charge in [0.15, 0.2) is 0 Å². The number of aromatic nitrogens is 2. The average Bonchev–Trinajstić information content (AvgIpc) is 2.83. The van der Waals surface area contributed by atoms with E-state index < -0.39 is 0 Å². The lowest BCUT2D eigenvalue weighted by Gasteiger charge is -2.21. The summed E-state index contributed by atoms with van der Waals surface area (Å²) in [4.78, 5) is 40.2. The number of amides is 2. The van der Waals surface area contributed by atoms with Crippen molar-refractivity contribution < 1.29 is 14.3 Å². The van der Waals surface area contributed by atoms with Crippen LogP contribution in [-0.4, -0.2) is 63.7 Å². The zero-order chi connectivity index (χ0) is 18.8. The van der Waals surface area contributed by atoms with Gasteiger partial charge in [-0.2, -0.15) is 0 Å². The van der Waals surface area contributed by atoms with E-state index in [4.69, 9.17) is 4.74 Å². The predicted octanol–water partition coefficient (Wildman–Crippen LogP) is 1.18. The summed E-state index contributed by atoms with van der Waals surface area (Å²) in [5.74, 6) is -0.0890. The fourth-order valence-corrected chi connectivity index (χ4v) is 3.34. The molecule has 0 radical (unpaired) electrons. The number of aryl methyl sites for hydroxylation is 2. The number of carbonyl (C=O) groups is 2. The first kappa shape index (κ1) is 18.0. The van der Waals surface area contributed by atoms with Crippen molar-refractivity contribution in [3.63, 3.8) is 0 Å². The first-order valence-corrected chi connectivity index (χ1v) is 8.80. The average molecular weight is 360 g/mol. The van der Waals surface area contributed by atoms with Gasteiger partial charge in [0.1, 0.15) is 0 Å². The number of imidazole rings is 1. The van der Waals surface area contributed by atoms with E-state index in [1.165, 1.54) is 4.57 Å². The largest absolute Gasteiger partial charge is 0.450 e. The van der Waals surface area contributed by atoms with Crippen LogP contribution < -0.4 is 5.69 Å². The summed E-state index contributed by atoms with van der Waals surface area (Å²) in [6.07, 6.45) is 0.374. The highest BCUT2D eigenvalue weighted by Crippen LogP contribution is 2.17. The second kappa shape index (κ2) is 7.23. The number of carbonyl (C=O) groups excluding carboxylic acids is 2. The van der Waals surface area contributed by atoms with Crippen LogP contribution >= 0.6 is 0 Å². The zero-order valence-corrected chi connectivity index (χ0v) is 15.4. The summed E-state index contributed by atoms with van der Waals surface area (Å²) < 4.78 is 8.14. The van der Waals surface area contributed by atoms with Crippen molar-refractivity contribution in [3.05, 3.63) is 34.2 Å². The van der Waals surface area contributed by atoms with Gasteiger partial charge in [0, 0.05) is 45.8 Å². The number of nitrogens with zero attached hydrogens (tertiary/aromatic N) is 4. The standard InChI is InChI=1S/C18H24N4O4/c1-4-26-18(25)22-9-5-8-21(10-11-22)16(23)13-6-7-14-15(12-13)20(3)17(24)19(14)2/h6-7,12H,4-5,8-11H2,1-3H3. The fourth-order valence-electron chi connectivity index (χ4n) is 3.34. The van der Waals surface area contributed by atoms with Crippen LogP contribution in [0.2, 0.25) is 0 Å². The molecule has 2 heterocycles. The zero-order valence-electron chi connectivity index (χ0n) is 15.4. The third kappa shape index (κ3) is 3.18. The molecule has 1 fully saturated rings. The third-order valence-corrected chi connectivity index (χ3v) is 4.83. The van der Waals surface area contributed by atoms with Crippen molar-refractivity contribution in [3.8, 4) is 0 Å². The van der Waals surface area contributed by atoms with Crippen molar-refractivity contribution >= 4 is 23.0 Å². The summed E-state index contributed by atoms with van der Waals surface area (Å²) in [5, 5.41) is 0. The molecule has 0 bridgehead atoms. The molecule has 2 aromatic rings. The van der Waals surface area contributed by atoms with Crippen molar-refractivity contribution in [1.82, 2.24) is 18.9 Å². The van der Waals surface area contributed by atoms with Gasteiger partial charge in [-0.1, -0.05) is 0 Å². The molecule has 1 aliphatic heterocycles. The number of benzene rings is 1. The Bertz CT molecular complexity index is 898. The lowest BCUT2D eigenvalue weighted by molar-refractivity contribution is 0.0753. The summed E-state index contributed by atoms with van der Waals surface area (Å²) in [6.45, 7) is 4.20. The number of ether oxygens (including phenoxy) is 1. The minimum absolute atomic E-state index is 0.0890. The van der Waals surface area contributed by atoms with Gasteiger partial charge in [-0.25, -0.2) is 9.59 Å². The van der Waals surface area contributed by atoms with Gasteiger partial charge in [-0.3, -0.25) is 13.9 Å². The van der Waals surface area contributed by atoms with Gasteiger partial charge >= 0.3 is 11.8 Å². The molecule has 0 spiro atoms. The van der Waals surface area contributed by atoms with Crippen molar-refractivity contribution in [1.29, 1.82) is 0 Å². The Morgan fingerprint density at radius 3 is 2.38 bits per heavy atom. The minimum Gasteiger partial charge on any atom is -0.450 e. The highest BCUT2D eigenvalue weighted by atomic mass is 16.6. The highest BCUT2D eigenvalue weighted by molar-refractivity contribution is 5.97. The Morgan fingerprint density at radius 1 is 1.00 bits per heavy atom. The van der Waals surface area contributed by atoms with Gasteiger partial charge in [0.05, 0.1) is 17.6 Å². The molecule has 1 aromatic heterocycles. The Balaban J connectivity index is 1.79. The van der Waals surface area contributed by atoms with E-state index in [1.807, 2.05) is 0 Å². The van der Waals surface area contributed by atoms with Gasteiger partial charge < -0.3 is 14.5 Å². The first-order chi connectivity index (χ1) is 12.4. The lowest BCUT2D eigenvalue weighted by atomic mass is 10.1. The maximum absolute atomic E-state index is 12.9. The maximum Gasteiger partial charge on any atom is 0.409 e. The van der Waals surface area contributed by atoms with Crippen LogP contribution in [0.1, 0.15) is 23.7 Å². The minimum atomic E-state index is -0.331. The summed E-state index contributed by atoms with van der Waals surface area (Å²) in [7, 11) is 3.41. The van der Waals surface area contributed by atoms with Gasteiger partial charge in [-0.05, 0) is 31.5 Å². The molecule has 8 heteroatoms. The van der Waals surface area contributed by atoms with Crippen molar-refractivity contribution in [2.45, 2.75) is 13.3 Å². The van der Waals surface area contributed by atoms with Gasteiger partial charge in [0.25, 0.3) is 5.91 Å². The number of rotatable bonds is 2. The molecule has 0 saturated carbocycles. The maximum atomic E-state index is 12.9. The molecule has 1 saturated heterocycles. The molecule has 0 atom stereocenters. The Hall–Kier alpha value is -2.77. The SMILES string of the molecule is CCOC(=O)N1CCCN(C(=O)c2ccc3c(c2)n(C)c(=O)n3C)CC1. The molecular formula is C18H24N4O4. The number of hydrogen-bond acceptors (Lipinski definition) is 4. The van der Waals surface area contributed by atoms with E-state index in [9.17, 15) is 14.4 Å². The highest BCUT2D eigenvalue weighted by Gasteiger charge is 2.24. The second-order valence-corrected chi connectivity index (χ2v) is 6.44. The smallest absolute Gasteiger partial charge is 0.409 e. The Labute approximate surface area is 151 Å². The van der Waals surface area contributed by atoms with E-state index in [0.717, 1.165) is 11.0 Å². The van der Waals surface area contributed by atoms with Crippen molar-refractivity contribution in [2.24, 2.45) is 14.1 Å². The van der Waals surface area contributed by atoms with Crippen molar-refractivity contribution in [2.75, 3.05) is 32.8 Å². The van der Waals surface area contributed by atoms with E-state index in [2.05, 4.69) is 0 Å². The summed E-state index contributed by atoms with van der Waals surface area (Å²) in [6, 6.07) is 5.30. The Morgan fingerprint density at radius 2 is 1.65 bits per heavy atom. The van der Waals surface area contributed by atoms with Crippen LogP contribution in [0.4, 0.5) is 4.79 Å². The second-order valence-electron chi connectivity index (χ2n) is 6.44. The van der Waals surface area contributed by atoms with Crippen LogP contribution in [0.5, 0.6) is 0 Å². The molecule has 0 aliphatic carbocycles. The molecule has 8 nitrogen and oxygen atoms in total. The molecular weight excluding hydrogens is 336 g/mol. The third-order valence-electron chi connectivity index (χ3n) is 4.83. The molecule has 3 rings (SSSR count). The van der Waals surface area contributed by atoms with E-state index >= 15 is 0 Å². The normalized spacial score (nSPS) is 15.2. The van der Waals surface area contributed by atoms with Crippen LogP contribution in [0.15, 0.2) is 23.0 Å². The Kier molecular flexibility index (Phi) is 5.01. The first-order valence-electron chi connectivity index (χ1n) is 8.80. The molecule has 1 aliphatic rings. The molecule has 26 heavy (non-hydrogen) atoms.